The van der Waals surface area contributed by atoms with Crippen molar-refractivity contribution in [2.75, 3.05) is 0 Å². The zero-order valence-electron chi connectivity index (χ0n) is 11.2. The Kier molecular flexibility index (Phi) is 4.17. The monoisotopic (exact) mass is 259 g/mol. The zero-order chi connectivity index (χ0) is 13.8. The molecule has 19 heavy (non-hydrogen) atoms. The molecule has 0 fully saturated rings. The predicted molar refractivity (Wildman–Crippen MR) is 74.5 cm³/mol. The van der Waals surface area contributed by atoms with Gasteiger partial charge in [-0.2, -0.15) is 0 Å². The summed E-state index contributed by atoms with van der Waals surface area (Å²) in [5.41, 5.74) is 9.62. The largest absolute Gasteiger partial charge is 0.489 e. The zero-order valence-corrected chi connectivity index (χ0v) is 11.2. The summed E-state index contributed by atoms with van der Waals surface area (Å²) in [6.45, 7) is 4.76. The number of hydrogen-bond acceptors (Lipinski definition) is 2. The molecule has 2 nitrogen and oxygen atoms in total. The molecule has 0 saturated heterocycles. The molecule has 100 valence electrons. The molecule has 2 rings (SSSR count). The van der Waals surface area contributed by atoms with Gasteiger partial charge in [0, 0.05) is 6.54 Å². The van der Waals surface area contributed by atoms with Gasteiger partial charge in [0.25, 0.3) is 0 Å². The Morgan fingerprint density at radius 3 is 2.53 bits per heavy atom. The topological polar surface area (TPSA) is 35.2 Å². The first-order chi connectivity index (χ1) is 9.10. The van der Waals surface area contributed by atoms with Gasteiger partial charge in [-0.15, -0.1) is 0 Å². The highest BCUT2D eigenvalue weighted by atomic mass is 19.1. The van der Waals surface area contributed by atoms with Crippen molar-refractivity contribution in [3.05, 3.63) is 64.5 Å². The Morgan fingerprint density at radius 1 is 1.05 bits per heavy atom. The van der Waals surface area contributed by atoms with Crippen molar-refractivity contribution in [3.63, 3.8) is 0 Å². The number of halogens is 1. The second kappa shape index (κ2) is 5.85. The molecule has 0 heterocycles. The van der Waals surface area contributed by atoms with E-state index in [1.165, 1.54) is 17.7 Å². The second-order valence-corrected chi connectivity index (χ2v) is 4.67. The summed E-state index contributed by atoms with van der Waals surface area (Å²) in [5.74, 6) is 0.577. The van der Waals surface area contributed by atoms with Crippen molar-refractivity contribution >= 4 is 0 Å². The van der Waals surface area contributed by atoms with E-state index in [0.29, 0.717) is 13.2 Å². The highest BCUT2D eigenvalue weighted by Crippen LogP contribution is 2.21. The number of hydrogen-bond donors (Lipinski definition) is 1. The van der Waals surface area contributed by atoms with Crippen LogP contribution in [0.1, 0.15) is 22.3 Å². The van der Waals surface area contributed by atoms with Crippen molar-refractivity contribution < 1.29 is 9.13 Å². The predicted octanol–water partition coefficient (Wildman–Crippen LogP) is 3.48. The van der Waals surface area contributed by atoms with E-state index in [4.69, 9.17) is 10.5 Å². The third-order valence-electron chi connectivity index (χ3n) is 3.10. The maximum atomic E-state index is 13.1. The molecule has 0 saturated carbocycles. The van der Waals surface area contributed by atoms with E-state index in [2.05, 4.69) is 6.07 Å². The molecule has 2 aromatic rings. The van der Waals surface area contributed by atoms with E-state index in [0.717, 1.165) is 22.4 Å². The molecule has 2 N–H and O–H groups in total. The van der Waals surface area contributed by atoms with Gasteiger partial charge >= 0.3 is 0 Å². The average molecular weight is 259 g/mol. The van der Waals surface area contributed by atoms with E-state index in [1.807, 2.05) is 26.0 Å². The smallest absolute Gasteiger partial charge is 0.123 e. The SMILES string of the molecule is Cc1ccc(OCc2ccc(F)cc2CN)c(C)c1. The van der Waals surface area contributed by atoms with Crippen LogP contribution in [0.25, 0.3) is 0 Å². The molecule has 2 aromatic carbocycles. The van der Waals surface area contributed by atoms with Crippen LogP contribution in [0.4, 0.5) is 4.39 Å². The number of nitrogens with two attached hydrogens (primary N) is 1. The first kappa shape index (κ1) is 13.6. The second-order valence-electron chi connectivity index (χ2n) is 4.67. The van der Waals surface area contributed by atoms with Gasteiger partial charge in [-0.1, -0.05) is 23.8 Å². The van der Waals surface area contributed by atoms with Crippen LogP contribution in [0.3, 0.4) is 0 Å². The molecule has 0 aromatic heterocycles. The minimum absolute atomic E-state index is 0.268. The average Bonchev–Trinajstić information content (AvgIpc) is 2.39. The van der Waals surface area contributed by atoms with Gasteiger partial charge in [0.15, 0.2) is 0 Å². The first-order valence-electron chi connectivity index (χ1n) is 6.27. The highest BCUT2D eigenvalue weighted by Gasteiger charge is 2.05. The summed E-state index contributed by atoms with van der Waals surface area (Å²) in [4.78, 5) is 0. The van der Waals surface area contributed by atoms with E-state index in [-0.39, 0.29) is 5.82 Å². The Hall–Kier alpha value is -1.87. The van der Waals surface area contributed by atoms with Gasteiger partial charge in [0.1, 0.15) is 18.2 Å². The minimum atomic E-state index is -0.268. The summed E-state index contributed by atoms with van der Waals surface area (Å²) in [7, 11) is 0. The molecule has 0 unspecified atom stereocenters. The third kappa shape index (κ3) is 3.32. The van der Waals surface area contributed by atoms with Crippen molar-refractivity contribution in [2.45, 2.75) is 27.0 Å². The van der Waals surface area contributed by atoms with Crippen molar-refractivity contribution in [1.82, 2.24) is 0 Å². The molecule has 0 aliphatic carbocycles. The standard InChI is InChI=1S/C16H18FNO/c1-11-3-6-16(12(2)7-11)19-10-13-4-5-15(17)8-14(13)9-18/h3-8H,9-10,18H2,1-2H3. The maximum absolute atomic E-state index is 13.1. The minimum Gasteiger partial charge on any atom is -0.489 e. The lowest BCUT2D eigenvalue weighted by molar-refractivity contribution is 0.302. The molecule has 0 bridgehead atoms. The Labute approximate surface area is 113 Å². The van der Waals surface area contributed by atoms with Crippen LogP contribution >= 0.6 is 0 Å². The van der Waals surface area contributed by atoms with E-state index < -0.39 is 0 Å². The van der Waals surface area contributed by atoms with Gasteiger partial charge in [0.05, 0.1) is 0 Å². The summed E-state index contributed by atoms with van der Waals surface area (Å²) >= 11 is 0. The molecule has 0 amide bonds. The quantitative estimate of drug-likeness (QED) is 0.912. The van der Waals surface area contributed by atoms with Gasteiger partial charge in [-0.05, 0) is 48.7 Å². The summed E-state index contributed by atoms with van der Waals surface area (Å²) in [6, 6.07) is 10.7. The first-order valence-corrected chi connectivity index (χ1v) is 6.27. The van der Waals surface area contributed by atoms with E-state index in [1.54, 1.807) is 6.07 Å². The Balaban J connectivity index is 2.14. The molecule has 0 aliphatic heterocycles. The molecular weight excluding hydrogens is 241 g/mol. The normalized spacial score (nSPS) is 10.5. The van der Waals surface area contributed by atoms with Crippen LogP contribution in [0.5, 0.6) is 5.75 Å². The number of aryl methyl sites for hydroxylation is 2. The lowest BCUT2D eigenvalue weighted by Crippen LogP contribution is -2.05. The molecule has 0 radical (unpaired) electrons. The summed E-state index contributed by atoms with van der Waals surface area (Å²) < 4.78 is 18.9. The molecule has 0 atom stereocenters. The van der Waals surface area contributed by atoms with Gasteiger partial charge in [0.2, 0.25) is 0 Å². The summed E-state index contributed by atoms with van der Waals surface area (Å²) in [6.07, 6.45) is 0. The van der Waals surface area contributed by atoms with Crippen molar-refractivity contribution in [3.8, 4) is 5.75 Å². The van der Waals surface area contributed by atoms with Crippen molar-refractivity contribution in [1.29, 1.82) is 0 Å². The fourth-order valence-corrected chi connectivity index (χ4v) is 2.04. The van der Waals surface area contributed by atoms with Gasteiger partial charge < -0.3 is 10.5 Å². The number of benzene rings is 2. The fourth-order valence-electron chi connectivity index (χ4n) is 2.04. The highest BCUT2D eigenvalue weighted by molar-refractivity contribution is 5.36. The molecular formula is C16H18FNO. The molecule has 0 spiro atoms. The van der Waals surface area contributed by atoms with Crippen LogP contribution in [0, 0.1) is 19.7 Å². The Bertz CT molecular complexity index is 581. The number of ether oxygens (including phenoxy) is 1. The van der Waals surface area contributed by atoms with E-state index >= 15 is 0 Å². The van der Waals surface area contributed by atoms with Crippen LogP contribution in [0.15, 0.2) is 36.4 Å². The Morgan fingerprint density at radius 2 is 1.84 bits per heavy atom. The maximum Gasteiger partial charge on any atom is 0.123 e. The van der Waals surface area contributed by atoms with Gasteiger partial charge in [-0.3, -0.25) is 0 Å². The van der Waals surface area contributed by atoms with Crippen molar-refractivity contribution in [2.24, 2.45) is 5.73 Å². The molecule has 3 heteroatoms. The third-order valence-corrected chi connectivity index (χ3v) is 3.10. The van der Waals surface area contributed by atoms with Crippen LogP contribution < -0.4 is 10.5 Å². The summed E-state index contributed by atoms with van der Waals surface area (Å²) in [5, 5.41) is 0. The van der Waals surface area contributed by atoms with Crippen LogP contribution in [-0.2, 0) is 13.2 Å². The van der Waals surface area contributed by atoms with Crippen LogP contribution in [-0.4, -0.2) is 0 Å². The van der Waals surface area contributed by atoms with Gasteiger partial charge in [-0.25, -0.2) is 4.39 Å². The molecule has 0 aliphatic rings. The van der Waals surface area contributed by atoms with E-state index in [9.17, 15) is 4.39 Å². The lowest BCUT2D eigenvalue weighted by Gasteiger charge is -2.12. The fraction of sp³-hybridized carbons (Fsp3) is 0.250. The number of rotatable bonds is 4. The lowest BCUT2D eigenvalue weighted by atomic mass is 10.1. The van der Waals surface area contributed by atoms with Crippen LogP contribution in [0.2, 0.25) is 0 Å².